The highest BCUT2D eigenvalue weighted by Gasteiger charge is 2.44. The first-order valence-electron chi connectivity index (χ1n) is 16.6. The Morgan fingerprint density at radius 2 is 1.65 bits per heavy atom. The van der Waals surface area contributed by atoms with E-state index in [1.807, 2.05) is 31.2 Å². The van der Waals surface area contributed by atoms with Gasteiger partial charge in [0, 0.05) is 31.4 Å². The molecule has 1 aliphatic heterocycles. The lowest BCUT2D eigenvalue weighted by atomic mass is 9.83. The summed E-state index contributed by atoms with van der Waals surface area (Å²) in [6.45, 7) is 10.9. The molecule has 0 saturated heterocycles. The molecule has 1 aliphatic carbocycles. The van der Waals surface area contributed by atoms with Crippen molar-refractivity contribution in [1.82, 2.24) is 36.1 Å². The van der Waals surface area contributed by atoms with Crippen LogP contribution in [-0.2, 0) is 36.9 Å². The van der Waals surface area contributed by atoms with Crippen molar-refractivity contribution >= 4 is 35.3 Å². The standard InChI is InChI=1S/C35H47N7O6/c1-7-10-24(28(43)33(47)38-23-13-14-23)39-31(45)26-17-21-11-8-9-12-22(21)19-42(26)34(48)29(35(4,5)6)41-32(46)27(20(2)3)40-30(44)25-18-36-15-16-37-25/h8-9,11-12,15-16,18,20,23-24,26-27,29H,7,10,13-14,17,19H2,1-6H3,(H,38,47)(H,39,45)(H,40,44)(H,41,46)/t24-,26-,27?,29+/m0/s1. The lowest BCUT2D eigenvalue weighted by molar-refractivity contribution is -0.148. The molecule has 13 heteroatoms. The van der Waals surface area contributed by atoms with Gasteiger partial charge in [-0.25, -0.2) is 4.98 Å². The Balaban J connectivity index is 1.59. The summed E-state index contributed by atoms with van der Waals surface area (Å²) in [5, 5.41) is 11.1. The van der Waals surface area contributed by atoms with Gasteiger partial charge in [-0.3, -0.25) is 33.8 Å². The Morgan fingerprint density at radius 3 is 2.23 bits per heavy atom. The smallest absolute Gasteiger partial charge is 0.289 e. The van der Waals surface area contributed by atoms with Gasteiger partial charge in [0.25, 0.3) is 11.8 Å². The average Bonchev–Trinajstić information content (AvgIpc) is 3.88. The van der Waals surface area contributed by atoms with E-state index < -0.39 is 64.9 Å². The average molecular weight is 662 g/mol. The second-order valence-corrected chi connectivity index (χ2v) is 14.0. The Morgan fingerprint density at radius 1 is 0.958 bits per heavy atom. The van der Waals surface area contributed by atoms with E-state index in [0.717, 1.165) is 24.0 Å². The van der Waals surface area contributed by atoms with Gasteiger partial charge >= 0.3 is 0 Å². The summed E-state index contributed by atoms with van der Waals surface area (Å²) in [4.78, 5) is 90.2. The maximum atomic E-state index is 14.5. The number of hydrogen-bond donors (Lipinski definition) is 4. The summed E-state index contributed by atoms with van der Waals surface area (Å²) < 4.78 is 0. The van der Waals surface area contributed by atoms with E-state index in [1.165, 1.54) is 23.5 Å². The van der Waals surface area contributed by atoms with Gasteiger partial charge in [-0.2, -0.15) is 0 Å². The van der Waals surface area contributed by atoms with E-state index in [0.29, 0.717) is 6.42 Å². The predicted molar refractivity (Wildman–Crippen MR) is 177 cm³/mol. The van der Waals surface area contributed by atoms with E-state index in [2.05, 4.69) is 31.2 Å². The van der Waals surface area contributed by atoms with E-state index in [4.69, 9.17) is 0 Å². The van der Waals surface area contributed by atoms with Crippen molar-refractivity contribution in [3.8, 4) is 0 Å². The van der Waals surface area contributed by atoms with Crippen LogP contribution in [0.5, 0.6) is 0 Å². The summed E-state index contributed by atoms with van der Waals surface area (Å²) >= 11 is 0. The van der Waals surface area contributed by atoms with Gasteiger partial charge in [0.2, 0.25) is 23.5 Å². The molecule has 1 aromatic heterocycles. The first-order chi connectivity index (χ1) is 22.7. The Hall–Kier alpha value is -4.68. The van der Waals surface area contributed by atoms with Crippen LogP contribution in [0, 0.1) is 11.3 Å². The third-order valence-electron chi connectivity index (χ3n) is 8.61. The van der Waals surface area contributed by atoms with Gasteiger partial charge < -0.3 is 26.2 Å². The zero-order valence-electron chi connectivity index (χ0n) is 28.5. The molecule has 4 rings (SSSR count). The number of fused-ring (bicyclic) bond motifs is 1. The molecule has 0 spiro atoms. The minimum atomic E-state index is -1.09. The number of hydrogen-bond acceptors (Lipinski definition) is 8. The molecule has 1 unspecified atom stereocenters. The third kappa shape index (κ3) is 9.02. The van der Waals surface area contributed by atoms with Gasteiger partial charge in [0.05, 0.1) is 12.2 Å². The molecule has 1 aromatic carbocycles. The Bertz CT molecular complexity index is 1520. The third-order valence-corrected chi connectivity index (χ3v) is 8.61. The van der Waals surface area contributed by atoms with Crippen LogP contribution in [0.2, 0.25) is 0 Å². The van der Waals surface area contributed by atoms with Crippen LogP contribution in [0.4, 0.5) is 0 Å². The van der Waals surface area contributed by atoms with Crippen LogP contribution >= 0.6 is 0 Å². The highest BCUT2D eigenvalue weighted by Crippen LogP contribution is 2.29. The van der Waals surface area contributed by atoms with Crippen molar-refractivity contribution in [2.45, 2.75) is 110 Å². The summed E-state index contributed by atoms with van der Waals surface area (Å²) in [6.07, 6.45) is 6.74. The van der Waals surface area contributed by atoms with Gasteiger partial charge in [0.1, 0.15) is 23.8 Å². The highest BCUT2D eigenvalue weighted by molar-refractivity contribution is 6.38. The Kier molecular flexibility index (Phi) is 11.7. The second kappa shape index (κ2) is 15.5. The van der Waals surface area contributed by atoms with E-state index >= 15 is 0 Å². The molecule has 13 nitrogen and oxygen atoms in total. The minimum Gasteiger partial charge on any atom is -0.347 e. The lowest BCUT2D eigenvalue weighted by Gasteiger charge is -2.41. The molecule has 4 atom stereocenters. The maximum Gasteiger partial charge on any atom is 0.289 e. The van der Waals surface area contributed by atoms with Crippen LogP contribution in [0.3, 0.4) is 0 Å². The number of amides is 5. The zero-order valence-corrected chi connectivity index (χ0v) is 28.5. The molecule has 1 fully saturated rings. The molecule has 2 aromatic rings. The van der Waals surface area contributed by atoms with Crippen LogP contribution in [0.15, 0.2) is 42.9 Å². The van der Waals surface area contributed by atoms with Gasteiger partial charge in [0.15, 0.2) is 0 Å². The lowest BCUT2D eigenvalue weighted by Crippen LogP contribution is -2.63. The number of benzene rings is 1. The molecule has 1 saturated carbocycles. The number of rotatable bonds is 13. The topological polar surface area (TPSA) is 180 Å². The Labute approximate surface area is 281 Å². The first-order valence-corrected chi connectivity index (χ1v) is 16.6. The van der Waals surface area contributed by atoms with Crippen molar-refractivity contribution in [2.24, 2.45) is 11.3 Å². The van der Waals surface area contributed by atoms with Crippen molar-refractivity contribution in [2.75, 3.05) is 0 Å². The number of nitrogens with zero attached hydrogens (tertiary/aromatic N) is 3. The van der Waals surface area contributed by atoms with Gasteiger partial charge in [-0.1, -0.05) is 72.2 Å². The van der Waals surface area contributed by atoms with Crippen molar-refractivity contribution < 1.29 is 28.8 Å². The summed E-state index contributed by atoms with van der Waals surface area (Å²) in [6, 6.07) is 3.34. The molecule has 2 aliphatic rings. The van der Waals surface area contributed by atoms with E-state index in [1.54, 1.807) is 34.6 Å². The monoisotopic (exact) mass is 661 g/mol. The van der Waals surface area contributed by atoms with Crippen LogP contribution in [0.1, 0.15) is 88.8 Å². The summed E-state index contributed by atoms with van der Waals surface area (Å²) in [5.41, 5.74) is 0.984. The fraction of sp³-hybridized carbons (Fsp3) is 0.543. The number of nitrogens with one attached hydrogen (secondary N) is 4. The maximum absolute atomic E-state index is 14.5. The predicted octanol–water partition coefficient (Wildman–Crippen LogP) is 1.85. The fourth-order valence-electron chi connectivity index (χ4n) is 5.67. The van der Waals surface area contributed by atoms with Gasteiger partial charge in [-0.15, -0.1) is 0 Å². The SMILES string of the molecule is CCC[C@H](NC(=O)[C@@H]1Cc2ccccc2CN1C(=O)[C@@H](NC(=O)C(NC(=O)c1cnccn1)C(C)C)C(C)(C)C)C(=O)C(=O)NC1CC1. The largest absolute Gasteiger partial charge is 0.347 e. The number of carbonyl (C=O) groups is 6. The van der Waals surface area contributed by atoms with Crippen molar-refractivity contribution in [3.05, 3.63) is 59.7 Å². The first kappa shape index (κ1) is 36.2. The molecule has 48 heavy (non-hydrogen) atoms. The molecule has 4 N–H and O–H groups in total. The van der Waals surface area contributed by atoms with E-state index in [-0.39, 0.29) is 37.0 Å². The molecule has 5 amide bonds. The van der Waals surface area contributed by atoms with Gasteiger partial charge in [-0.05, 0) is 41.7 Å². The quantitative estimate of drug-likeness (QED) is 0.235. The highest BCUT2D eigenvalue weighted by atomic mass is 16.2. The normalized spacial score (nSPS) is 17.7. The van der Waals surface area contributed by atoms with E-state index in [9.17, 15) is 28.8 Å². The summed E-state index contributed by atoms with van der Waals surface area (Å²) in [5.74, 6) is -3.97. The molecular formula is C35H47N7O6. The second-order valence-electron chi connectivity index (χ2n) is 14.0. The van der Waals surface area contributed by atoms with Crippen LogP contribution in [0.25, 0.3) is 0 Å². The molecule has 0 radical (unpaired) electrons. The molecule has 2 heterocycles. The fourth-order valence-corrected chi connectivity index (χ4v) is 5.67. The van der Waals surface area contributed by atoms with Crippen molar-refractivity contribution in [1.29, 1.82) is 0 Å². The number of Topliss-reactive ketones (excluding diaryl/α,β-unsaturated/α-hetero) is 1. The van der Waals surface area contributed by atoms with Crippen molar-refractivity contribution in [3.63, 3.8) is 0 Å². The zero-order chi connectivity index (χ0) is 35.2. The molecular weight excluding hydrogens is 614 g/mol. The van der Waals surface area contributed by atoms with Crippen LogP contribution < -0.4 is 21.3 Å². The number of ketones is 1. The number of carbonyl (C=O) groups excluding carboxylic acids is 6. The molecule has 0 bridgehead atoms. The van der Waals surface area contributed by atoms with Crippen LogP contribution in [-0.4, -0.2) is 80.4 Å². The summed E-state index contributed by atoms with van der Waals surface area (Å²) in [7, 11) is 0. The number of aromatic nitrogens is 2. The minimum absolute atomic E-state index is 0.0115. The molecule has 258 valence electrons.